The minimum absolute atomic E-state index is 0.116. The zero-order valence-corrected chi connectivity index (χ0v) is 15.8. The van der Waals surface area contributed by atoms with Gasteiger partial charge in [-0.2, -0.15) is 0 Å². The first-order valence-corrected chi connectivity index (χ1v) is 9.63. The van der Waals surface area contributed by atoms with Gasteiger partial charge in [0.15, 0.2) is 10.9 Å². The fraction of sp³-hybridized carbons (Fsp3) is 0.333. The number of fused-ring (bicyclic) bond motifs is 1. The van der Waals surface area contributed by atoms with Crippen LogP contribution in [0.1, 0.15) is 49.5 Å². The number of aromatic amines is 1. The summed E-state index contributed by atoms with van der Waals surface area (Å²) < 4.78 is 0. The lowest BCUT2D eigenvalue weighted by Crippen LogP contribution is -2.11. The second-order valence-corrected chi connectivity index (χ2v) is 8.35. The molecule has 0 atom stereocenters. The van der Waals surface area contributed by atoms with Crippen molar-refractivity contribution in [2.75, 3.05) is 5.75 Å². The third-order valence-electron chi connectivity index (χ3n) is 4.23. The number of carbonyl (C=O) groups excluding carboxylic acids is 1. The number of carbonyl (C=O) groups is 1. The standard InChI is InChI=1S/C21H24N2OS/c1-21(2,3)16-12-10-15(11-13-16)19(24)9-6-14-25-20-22-17-7-4-5-8-18(17)23-20/h4-5,7-8,10-13H,6,9,14H2,1-3H3,(H,22,23). The lowest BCUT2D eigenvalue weighted by molar-refractivity contribution is 0.0982. The quantitative estimate of drug-likeness (QED) is 0.356. The van der Waals surface area contributed by atoms with Crippen LogP contribution in [0, 0.1) is 0 Å². The van der Waals surface area contributed by atoms with E-state index in [0.29, 0.717) is 6.42 Å². The number of benzene rings is 2. The summed E-state index contributed by atoms with van der Waals surface area (Å²) in [4.78, 5) is 20.2. The molecule has 130 valence electrons. The maximum Gasteiger partial charge on any atom is 0.166 e. The molecule has 0 radical (unpaired) electrons. The van der Waals surface area contributed by atoms with Gasteiger partial charge in [-0.05, 0) is 29.5 Å². The minimum Gasteiger partial charge on any atom is -0.333 e. The van der Waals surface area contributed by atoms with Gasteiger partial charge in [0.2, 0.25) is 0 Å². The molecule has 0 amide bonds. The van der Waals surface area contributed by atoms with Crippen molar-refractivity contribution in [2.24, 2.45) is 0 Å². The lowest BCUT2D eigenvalue weighted by atomic mass is 9.86. The van der Waals surface area contributed by atoms with E-state index in [4.69, 9.17) is 0 Å². The van der Waals surface area contributed by atoms with Crippen LogP contribution in [0.2, 0.25) is 0 Å². The number of hydrogen-bond acceptors (Lipinski definition) is 3. The summed E-state index contributed by atoms with van der Waals surface area (Å²) in [7, 11) is 0. The van der Waals surface area contributed by atoms with Gasteiger partial charge in [0.1, 0.15) is 0 Å². The lowest BCUT2D eigenvalue weighted by Gasteiger charge is -2.18. The van der Waals surface area contributed by atoms with Crippen LogP contribution in [-0.2, 0) is 5.41 Å². The molecular weight excluding hydrogens is 328 g/mol. The Morgan fingerprint density at radius 1 is 1.08 bits per heavy atom. The van der Waals surface area contributed by atoms with E-state index in [1.165, 1.54) is 5.56 Å². The van der Waals surface area contributed by atoms with Crippen molar-refractivity contribution in [3.8, 4) is 0 Å². The highest BCUT2D eigenvalue weighted by atomic mass is 32.2. The van der Waals surface area contributed by atoms with Gasteiger partial charge in [0.05, 0.1) is 11.0 Å². The van der Waals surface area contributed by atoms with Gasteiger partial charge in [-0.15, -0.1) is 0 Å². The Bertz CT molecular complexity index is 826. The number of Topliss-reactive ketones (excluding diaryl/α,β-unsaturated/α-hetero) is 1. The smallest absolute Gasteiger partial charge is 0.166 e. The summed E-state index contributed by atoms with van der Waals surface area (Å²) in [5.41, 5.74) is 4.22. The van der Waals surface area contributed by atoms with Gasteiger partial charge in [-0.3, -0.25) is 4.79 Å². The van der Waals surface area contributed by atoms with E-state index in [0.717, 1.165) is 33.9 Å². The Morgan fingerprint density at radius 2 is 1.80 bits per heavy atom. The summed E-state index contributed by atoms with van der Waals surface area (Å²) in [6.07, 6.45) is 1.42. The molecule has 0 aliphatic rings. The largest absolute Gasteiger partial charge is 0.333 e. The van der Waals surface area contributed by atoms with Crippen molar-refractivity contribution in [1.82, 2.24) is 9.97 Å². The highest BCUT2D eigenvalue weighted by Crippen LogP contribution is 2.23. The zero-order chi connectivity index (χ0) is 17.9. The predicted molar refractivity (Wildman–Crippen MR) is 106 cm³/mol. The molecule has 1 aromatic heterocycles. The molecule has 0 saturated heterocycles. The Kier molecular flexibility index (Phi) is 5.28. The van der Waals surface area contributed by atoms with Crippen LogP contribution in [0.15, 0.2) is 53.7 Å². The van der Waals surface area contributed by atoms with Crippen molar-refractivity contribution in [3.63, 3.8) is 0 Å². The van der Waals surface area contributed by atoms with E-state index in [2.05, 4.69) is 42.9 Å². The number of rotatable bonds is 6. The molecule has 0 spiro atoms. The monoisotopic (exact) mass is 352 g/mol. The van der Waals surface area contributed by atoms with Gasteiger partial charge >= 0.3 is 0 Å². The third kappa shape index (κ3) is 4.51. The van der Waals surface area contributed by atoms with Crippen LogP contribution in [0.4, 0.5) is 0 Å². The van der Waals surface area contributed by atoms with Crippen molar-refractivity contribution in [1.29, 1.82) is 0 Å². The molecule has 0 aliphatic heterocycles. The van der Waals surface area contributed by atoms with E-state index in [1.54, 1.807) is 11.8 Å². The highest BCUT2D eigenvalue weighted by molar-refractivity contribution is 7.99. The Hall–Kier alpha value is -2.07. The van der Waals surface area contributed by atoms with Crippen molar-refractivity contribution in [3.05, 3.63) is 59.7 Å². The number of H-pyrrole nitrogens is 1. The molecule has 0 unspecified atom stereocenters. The third-order valence-corrected chi connectivity index (χ3v) is 5.19. The van der Waals surface area contributed by atoms with Gasteiger partial charge < -0.3 is 4.98 Å². The van der Waals surface area contributed by atoms with E-state index in [1.807, 2.05) is 36.4 Å². The number of para-hydroxylation sites is 2. The van der Waals surface area contributed by atoms with Crippen LogP contribution in [-0.4, -0.2) is 21.5 Å². The van der Waals surface area contributed by atoms with E-state index in [-0.39, 0.29) is 11.2 Å². The molecule has 3 nitrogen and oxygen atoms in total. The van der Waals surface area contributed by atoms with E-state index in [9.17, 15) is 4.79 Å². The molecule has 0 saturated carbocycles. The summed E-state index contributed by atoms with van der Waals surface area (Å²) in [5.74, 6) is 1.09. The molecule has 4 heteroatoms. The Labute approximate surface area is 153 Å². The van der Waals surface area contributed by atoms with Crippen LogP contribution in [0.5, 0.6) is 0 Å². The summed E-state index contributed by atoms with van der Waals surface area (Å²) in [6.45, 7) is 6.54. The number of imidazole rings is 1. The molecule has 1 heterocycles. The Morgan fingerprint density at radius 3 is 2.48 bits per heavy atom. The average Bonchev–Trinajstić information content (AvgIpc) is 3.00. The molecule has 1 N–H and O–H groups in total. The molecule has 25 heavy (non-hydrogen) atoms. The number of nitrogens with one attached hydrogen (secondary N) is 1. The summed E-state index contributed by atoms with van der Waals surface area (Å²) >= 11 is 1.67. The van der Waals surface area contributed by atoms with Gasteiger partial charge in [0.25, 0.3) is 0 Å². The van der Waals surface area contributed by atoms with Crippen LogP contribution < -0.4 is 0 Å². The second-order valence-electron chi connectivity index (χ2n) is 7.26. The maximum atomic E-state index is 12.3. The molecule has 3 aromatic rings. The summed E-state index contributed by atoms with van der Waals surface area (Å²) in [6, 6.07) is 16.1. The molecular formula is C21H24N2OS. The van der Waals surface area contributed by atoms with Crippen molar-refractivity contribution < 1.29 is 4.79 Å². The topological polar surface area (TPSA) is 45.8 Å². The normalized spacial score (nSPS) is 11.8. The number of nitrogens with zero attached hydrogens (tertiary/aromatic N) is 1. The molecule has 0 fully saturated rings. The van der Waals surface area contributed by atoms with E-state index < -0.39 is 0 Å². The molecule has 2 aromatic carbocycles. The SMILES string of the molecule is CC(C)(C)c1ccc(C(=O)CCCSc2nc3ccccc3[nH]2)cc1. The fourth-order valence-electron chi connectivity index (χ4n) is 2.70. The fourth-order valence-corrected chi connectivity index (χ4v) is 3.53. The van der Waals surface area contributed by atoms with Crippen molar-refractivity contribution >= 4 is 28.6 Å². The maximum absolute atomic E-state index is 12.3. The number of aromatic nitrogens is 2. The van der Waals surface area contributed by atoms with Gasteiger partial charge in [-0.25, -0.2) is 4.98 Å². The highest BCUT2D eigenvalue weighted by Gasteiger charge is 2.14. The minimum atomic E-state index is 0.116. The first-order valence-electron chi connectivity index (χ1n) is 8.65. The molecule has 3 rings (SSSR count). The van der Waals surface area contributed by atoms with E-state index >= 15 is 0 Å². The van der Waals surface area contributed by atoms with Crippen LogP contribution >= 0.6 is 11.8 Å². The van der Waals surface area contributed by atoms with Gasteiger partial charge in [0, 0.05) is 17.7 Å². The first-order chi connectivity index (χ1) is 11.9. The second kappa shape index (κ2) is 7.44. The first kappa shape index (κ1) is 17.7. The molecule has 0 bridgehead atoms. The van der Waals surface area contributed by atoms with Crippen LogP contribution in [0.3, 0.4) is 0 Å². The summed E-state index contributed by atoms with van der Waals surface area (Å²) in [5, 5.41) is 0.920. The van der Waals surface area contributed by atoms with Crippen LogP contribution in [0.25, 0.3) is 11.0 Å². The Balaban J connectivity index is 1.49. The zero-order valence-electron chi connectivity index (χ0n) is 15.0. The number of thioether (sulfide) groups is 1. The van der Waals surface area contributed by atoms with Gasteiger partial charge in [-0.1, -0.05) is 68.9 Å². The molecule has 0 aliphatic carbocycles. The number of hydrogen-bond donors (Lipinski definition) is 1. The average molecular weight is 353 g/mol. The van der Waals surface area contributed by atoms with Crippen molar-refractivity contribution in [2.45, 2.75) is 44.2 Å². The number of ketones is 1. The predicted octanol–water partition coefficient (Wildman–Crippen LogP) is 5.62.